The lowest BCUT2D eigenvalue weighted by Gasteiger charge is -2.32. The zero-order valence-corrected chi connectivity index (χ0v) is 16.5. The zero-order chi connectivity index (χ0) is 19.3. The zero-order valence-electron chi connectivity index (χ0n) is 16.5. The number of likely N-dealkylation sites (N-methyl/N-ethyl adjacent to an activating group) is 1. The number of likely N-dealkylation sites (tertiary alicyclic amines) is 1. The molecule has 1 fully saturated rings. The Hall–Kier alpha value is -1.88. The average molecular weight is 360 g/mol. The van der Waals surface area contributed by atoms with Gasteiger partial charge in [-0.1, -0.05) is 31.2 Å². The molecule has 1 heterocycles. The van der Waals surface area contributed by atoms with Crippen LogP contribution in [0.4, 0.5) is 0 Å². The third-order valence-electron chi connectivity index (χ3n) is 5.61. The molecule has 5 heteroatoms. The van der Waals surface area contributed by atoms with Crippen molar-refractivity contribution in [1.82, 2.24) is 9.80 Å². The SMILES string of the molecule is CCc1ccc(C(C)(C)C(=O)N2CCCC(N(C)CC(=O)O)CC2)cc1. The fourth-order valence-electron chi connectivity index (χ4n) is 3.74. The lowest BCUT2D eigenvalue weighted by Crippen LogP contribution is -2.44. The van der Waals surface area contributed by atoms with Crippen molar-refractivity contribution in [3.05, 3.63) is 35.4 Å². The standard InChI is InChI=1S/C21H32N2O3/c1-5-16-8-10-17(11-9-16)21(2,3)20(26)23-13-6-7-18(12-14-23)22(4)15-19(24)25/h8-11,18H,5-7,12-15H2,1-4H3,(H,24,25). The van der Waals surface area contributed by atoms with Crippen LogP contribution < -0.4 is 0 Å². The monoisotopic (exact) mass is 360 g/mol. The van der Waals surface area contributed by atoms with Crippen molar-refractivity contribution < 1.29 is 14.7 Å². The molecule has 0 spiro atoms. The molecule has 5 nitrogen and oxygen atoms in total. The van der Waals surface area contributed by atoms with Crippen molar-refractivity contribution in [3.63, 3.8) is 0 Å². The molecule has 0 radical (unpaired) electrons. The number of carboxylic acid groups (broad SMARTS) is 1. The number of nitrogens with zero attached hydrogens (tertiary/aromatic N) is 2. The van der Waals surface area contributed by atoms with E-state index in [1.807, 2.05) is 30.7 Å². The number of aryl methyl sites for hydroxylation is 1. The van der Waals surface area contributed by atoms with Gasteiger partial charge >= 0.3 is 5.97 Å². The second-order valence-corrected chi connectivity index (χ2v) is 7.86. The van der Waals surface area contributed by atoms with E-state index in [-0.39, 0.29) is 18.5 Å². The first-order chi connectivity index (χ1) is 12.3. The summed E-state index contributed by atoms with van der Waals surface area (Å²) < 4.78 is 0. The van der Waals surface area contributed by atoms with Crippen LogP contribution >= 0.6 is 0 Å². The van der Waals surface area contributed by atoms with E-state index in [2.05, 4.69) is 31.2 Å². The van der Waals surface area contributed by atoms with E-state index in [1.54, 1.807) is 0 Å². The molecule has 1 unspecified atom stereocenters. The van der Waals surface area contributed by atoms with Crippen LogP contribution in [0.1, 0.15) is 51.2 Å². The Morgan fingerprint density at radius 1 is 1.19 bits per heavy atom. The fourth-order valence-corrected chi connectivity index (χ4v) is 3.74. The number of aliphatic carboxylic acids is 1. The lowest BCUT2D eigenvalue weighted by atomic mass is 9.82. The summed E-state index contributed by atoms with van der Waals surface area (Å²) in [6, 6.07) is 8.56. The molecular weight excluding hydrogens is 328 g/mol. The summed E-state index contributed by atoms with van der Waals surface area (Å²) in [5.74, 6) is -0.648. The van der Waals surface area contributed by atoms with Crippen molar-refractivity contribution in [2.45, 2.75) is 57.9 Å². The molecule has 1 atom stereocenters. The fraction of sp³-hybridized carbons (Fsp3) is 0.619. The van der Waals surface area contributed by atoms with Crippen LogP contribution in [0, 0.1) is 0 Å². The Morgan fingerprint density at radius 2 is 1.85 bits per heavy atom. The summed E-state index contributed by atoms with van der Waals surface area (Å²) in [5.41, 5.74) is 1.76. The van der Waals surface area contributed by atoms with Gasteiger partial charge in [0.2, 0.25) is 5.91 Å². The number of benzene rings is 1. The maximum Gasteiger partial charge on any atom is 0.317 e. The molecule has 1 aliphatic heterocycles. The van der Waals surface area contributed by atoms with Gasteiger partial charge in [0.25, 0.3) is 0 Å². The quantitative estimate of drug-likeness (QED) is 0.847. The highest BCUT2D eigenvalue weighted by molar-refractivity contribution is 5.87. The summed E-state index contributed by atoms with van der Waals surface area (Å²) in [4.78, 5) is 28.0. The topological polar surface area (TPSA) is 60.9 Å². The van der Waals surface area contributed by atoms with Gasteiger partial charge in [-0.2, -0.15) is 0 Å². The lowest BCUT2D eigenvalue weighted by molar-refractivity contribution is -0.139. The second kappa shape index (κ2) is 8.67. The van der Waals surface area contributed by atoms with Gasteiger partial charge in [0.1, 0.15) is 0 Å². The third-order valence-corrected chi connectivity index (χ3v) is 5.61. The highest BCUT2D eigenvalue weighted by atomic mass is 16.4. The summed E-state index contributed by atoms with van der Waals surface area (Å²) in [5, 5.41) is 8.99. The Morgan fingerprint density at radius 3 is 2.42 bits per heavy atom. The summed E-state index contributed by atoms with van der Waals surface area (Å²) in [6.07, 6.45) is 3.65. The smallest absolute Gasteiger partial charge is 0.317 e. The summed E-state index contributed by atoms with van der Waals surface area (Å²) in [7, 11) is 1.86. The van der Waals surface area contributed by atoms with Crippen molar-refractivity contribution >= 4 is 11.9 Å². The van der Waals surface area contributed by atoms with E-state index in [0.717, 1.165) is 37.8 Å². The molecule has 0 saturated carbocycles. The summed E-state index contributed by atoms with van der Waals surface area (Å²) in [6.45, 7) is 7.59. The van der Waals surface area contributed by atoms with Crippen LogP contribution in [-0.2, 0) is 21.4 Å². The minimum Gasteiger partial charge on any atom is -0.480 e. The first-order valence-electron chi connectivity index (χ1n) is 9.56. The van der Waals surface area contributed by atoms with Gasteiger partial charge in [-0.05, 0) is 57.7 Å². The molecule has 1 amide bonds. The maximum absolute atomic E-state index is 13.2. The van der Waals surface area contributed by atoms with Gasteiger partial charge in [0.15, 0.2) is 0 Å². The van der Waals surface area contributed by atoms with E-state index >= 15 is 0 Å². The first kappa shape index (κ1) is 20.4. The van der Waals surface area contributed by atoms with E-state index in [4.69, 9.17) is 5.11 Å². The van der Waals surface area contributed by atoms with Crippen molar-refractivity contribution in [2.75, 3.05) is 26.7 Å². The van der Waals surface area contributed by atoms with Crippen LogP contribution in [0.5, 0.6) is 0 Å². The van der Waals surface area contributed by atoms with Gasteiger partial charge in [0, 0.05) is 19.1 Å². The molecule has 1 aromatic carbocycles. The van der Waals surface area contributed by atoms with Crippen LogP contribution in [0.25, 0.3) is 0 Å². The summed E-state index contributed by atoms with van der Waals surface area (Å²) >= 11 is 0. The molecule has 0 bridgehead atoms. The molecule has 1 aromatic rings. The predicted molar refractivity (Wildman–Crippen MR) is 103 cm³/mol. The maximum atomic E-state index is 13.2. The van der Waals surface area contributed by atoms with Gasteiger partial charge in [-0.25, -0.2) is 0 Å². The Bertz CT molecular complexity index is 625. The molecule has 144 valence electrons. The number of rotatable bonds is 6. The van der Waals surface area contributed by atoms with Gasteiger partial charge in [-0.3, -0.25) is 14.5 Å². The molecule has 26 heavy (non-hydrogen) atoms. The molecule has 1 aliphatic rings. The number of carbonyl (C=O) groups is 2. The second-order valence-electron chi connectivity index (χ2n) is 7.86. The van der Waals surface area contributed by atoms with E-state index in [1.165, 1.54) is 5.56 Å². The van der Waals surface area contributed by atoms with Crippen LogP contribution in [0.3, 0.4) is 0 Å². The Kier molecular flexibility index (Phi) is 6.81. The highest BCUT2D eigenvalue weighted by Crippen LogP contribution is 2.28. The molecular formula is C21H32N2O3. The molecule has 0 aromatic heterocycles. The molecule has 0 aliphatic carbocycles. The number of hydrogen-bond donors (Lipinski definition) is 1. The Balaban J connectivity index is 2.05. The number of amides is 1. The van der Waals surface area contributed by atoms with Crippen molar-refractivity contribution in [2.24, 2.45) is 0 Å². The van der Waals surface area contributed by atoms with E-state index in [0.29, 0.717) is 6.54 Å². The number of hydrogen-bond acceptors (Lipinski definition) is 3. The third kappa shape index (κ3) is 4.85. The minimum absolute atomic E-state index is 0.0495. The predicted octanol–water partition coefficient (Wildman–Crippen LogP) is 2.92. The number of carboxylic acids is 1. The highest BCUT2D eigenvalue weighted by Gasteiger charge is 2.35. The first-order valence-corrected chi connectivity index (χ1v) is 9.56. The number of carbonyl (C=O) groups excluding carboxylic acids is 1. The molecule has 1 N–H and O–H groups in total. The van der Waals surface area contributed by atoms with Crippen molar-refractivity contribution in [1.29, 1.82) is 0 Å². The normalized spacial score (nSPS) is 18.7. The van der Waals surface area contributed by atoms with Gasteiger partial charge in [-0.15, -0.1) is 0 Å². The Labute approximate surface area is 157 Å². The van der Waals surface area contributed by atoms with Crippen LogP contribution in [-0.4, -0.2) is 59.5 Å². The van der Waals surface area contributed by atoms with E-state index in [9.17, 15) is 9.59 Å². The average Bonchev–Trinajstić information content (AvgIpc) is 2.86. The molecule has 1 saturated heterocycles. The minimum atomic E-state index is -0.804. The van der Waals surface area contributed by atoms with E-state index < -0.39 is 11.4 Å². The van der Waals surface area contributed by atoms with Gasteiger partial charge in [0.05, 0.1) is 12.0 Å². The van der Waals surface area contributed by atoms with Crippen molar-refractivity contribution in [3.8, 4) is 0 Å². The molecule has 2 rings (SSSR count). The largest absolute Gasteiger partial charge is 0.480 e. The van der Waals surface area contributed by atoms with Crippen LogP contribution in [0.2, 0.25) is 0 Å². The van der Waals surface area contributed by atoms with Gasteiger partial charge < -0.3 is 10.0 Å². The van der Waals surface area contributed by atoms with Crippen LogP contribution in [0.15, 0.2) is 24.3 Å².